The van der Waals surface area contributed by atoms with E-state index in [-0.39, 0.29) is 0 Å². The number of methoxy groups -OCH3 is 1. The van der Waals surface area contributed by atoms with Gasteiger partial charge in [-0.25, -0.2) is 4.98 Å². The Morgan fingerprint density at radius 3 is 2.88 bits per heavy atom. The van der Waals surface area contributed by atoms with E-state index in [9.17, 15) is 0 Å². The zero-order valence-corrected chi connectivity index (χ0v) is 10.5. The summed E-state index contributed by atoms with van der Waals surface area (Å²) in [6, 6.07) is 5.80. The molecule has 2 rings (SSSR count). The zero-order valence-electron chi connectivity index (χ0n) is 9.73. The van der Waals surface area contributed by atoms with E-state index in [0.717, 1.165) is 22.0 Å². The summed E-state index contributed by atoms with van der Waals surface area (Å²) in [5.41, 5.74) is 6.75. The first-order chi connectivity index (χ1) is 8.22. The number of nitrogens with one attached hydrogen (secondary N) is 1. The largest absolute Gasteiger partial charge is 0.497 e. The van der Waals surface area contributed by atoms with E-state index in [1.54, 1.807) is 7.11 Å². The van der Waals surface area contributed by atoms with E-state index >= 15 is 0 Å². The Hall–Kier alpha value is -1.53. The van der Waals surface area contributed by atoms with E-state index in [0.29, 0.717) is 11.7 Å². The molecule has 90 valence electrons. The van der Waals surface area contributed by atoms with Gasteiger partial charge in [-0.05, 0) is 36.4 Å². The molecule has 0 saturated carbocycles. The summed E-state index contributed by atoms with van der Waals surface area (Å²) in [5, 5.41) is 7.58. The molecule has 0 radical (unpaired) electrons. The lowest BCUT2D eigenvalue weighted by atomic mass is 10.2. The molecule has 0 bridgehead atoms. The molecule has 0 aliphatic carbocycles. The van der Waals surface area contributed by atoms with Crippen LogP contribution >= 0.6 is 11.8 Å². The molecule has 17 heavy (non-hydrogen) atoms. The summed E-state index contributed by atoms with van der Waals surface area (Å²) in [6.45, 7) is 2.35. The minimum atomic E-state index is 0.482. The van der Waals surface area contributed by atoms with Gasteiger partial charge in [0.2, 0.25) is 5.16 Å². The van der Waals surface area contributed by atoms with Gasteiger partial charge in [0.05, 0.1) is 7.11 Å². The number of aromatic amines is 1. The summed E-state index contributed by atoms with van der Waals surface area (Å²) in [4.78, 5) is 5.27. The summed E-state index contributed by atoms with van der Waals surface area (Å²) < 4.78 is 5.19. The first-order valence-electron chi connectivity index (χ1n) is 5.16. The first-order valence-corrected chi connectivity index (χ1v) is 5.98. The van der Waals surface area contributed by atoms with Gasteiger partial charge in [-0.2, -0.15) is 0 Å². The van der Waals surface area contributed by atoms with Crippen LogP contribution in [0.2, 0.25) is 0 Å². The zero-order chi connectivity index (χ0) is 12.3. The molecule has 0 fully saturated rings. The van der Waals surface area contributed by atoms with Crippen LogP contribution in [-0.2, 0) is 6.54 Å². The van der Waals surface area contributed by atoms with Crippen LogP contribution in [-0.4, -0.2) is 22.3 Å². The number of rotatable bonds is 4. The molecule has 0 saturated heterocycles. The van der Waals surface area contributed by atoms with E-state index in [1.165, 1.54) is 11.8 Å². The maximum absolute atomic E-state index is 5.70. The van der Waals surface area contributed by atoms with Crippen molar-refractivity contribution in [3.8, 4) is 5.75 Å². The number of aryl methyl sites for hydroxylation is 1. The third-order valence-corrected chi connectivity index (χ3v) is 3.24. The smallest absolute Gasteiger partial charge is 0.213 e. The Morgan fingerprint density at radius 2 is 2.29 bits per heavy atom. The number of nitrogens with zero attached hydrogens (tertiary/aromatic N) is 2. The number of nitrogens with two attached hydrogens (primary N) is 1. The molecule has 1 heterocycles. The van der Waals surface area contributed by atoms with Gasteiger partial charge in [-0.3, -0.25) is 5.10 Å². The summed E-state index contributed by atoms with van der Waals surface area (Å²) in [6.07, 6.45) is 0. The van der Waals surface area contributed by atoms with Gasteiger partial charge in [0.15, 0.2) is 0 Å². The van der Waals surface area contributed by atoms with Crippen molar-refractivity contribution in [3.63, 3.8) is 0 Å². The highest BCUT2D eigenvalue weighted by molar-refractivity contribution is 7.99. The molecule has 6 heteroatoms. The van der Waals surface area contributed by atoms with Crippen molar-refractivity contribution in [1.29, 1.82) is 0 Å². The molecule has 0 aliphatic heterocycles. The highest BCUT2D eigenvalue weighted by Crippen LogP contribution is 2.30. The van der Waals surface area contributed by atoms with Crippen molar-refractivity contribution >= 4 is 11.8 Å². The molecular weight excluding hydrogens is 236 g/mol. The molecule has 3 N–H and O–H groups in total. The van der Waals surface area contributed by atoms with Crippen LogP contribution < -0.4 is 10.5 Å². The predicted molar refractivity (Wildman–Crippen MR) is 66.1 cm³/mol. The van der Waals surface area contributed by atoms with Crippen molar-refractivity contribution in [1.82, 2.24) is 15.2 Å². The van der Waals surface area contributed by atoms with Gasteiger partial charge < -0.3 is 10.5 Å². The normalized spacial score (nSPS) is 10.5. The van der Waals surface area contributed by atoms with Crippen molar-refractivity contribution in [2.24, 2.45) is 5.73 Å². The number of benzene rings is 1. The predicted octanol–water partition coefficient (Wildman–Crippen LogP) is 1.73. The lowest BCUT2D eigenvalue weighted by molar-refractivity contribution is 0.413. The van der Waals surface area contributed by atoms with Gasteiger partial charge >= 0.3 is 0 Å². The molecule has 0 unspecified atom stereocenters. The average Bonchev–Trinajstić information content (AvgIpc) is 2.74. The minimum absolute atomic E-state index is 0.482. The molecule has 0 atom stereocenters. The van der Waals surface area contributed by atoms with Crippen molar-refractivity contribution < 1.29 is 4.74 Å². The van der Waals surface area contributed by atoms with Gasteiger partial charge in [0, 0.05) is 11.4 Å². The summed E-state index contributed by atoms with van der Waals surface area (Å²) in [7, 11) is 1.64. The van der Waals surface area contributed by atoms with E-state index in [4.69, 9.17) is 10.5 Å². The molecule has 1 aromatic heterocycles. The third-order valence-electron chi connectivity index (χ3n) is 2.27. The maximum Gasteiger partial charge on any atom is 0.213 e. The van der Waals surface area contributed by atoms with E-state index in [1.807, 2.05) is 25.1 Å². The fourth-order valence-electron chi connectivity index (χ4n) is 1.39. The number of ether oxygens (including phenoxy) is 1. The second-order valence-electron chi connectivity index (χ2n) is 3.48. The third kappa shape index (κ3) is 2.78. The summed E-state index contributed by atoms with van der Waals surface area (Å²) >= 11 is 1.48. The highest BCUT2D eigenvalue weighted by Gasteiger charge is 2.08. The topological polar surface area (TPSA) is 76.8 Å². The van der Waals surface area contributed by atoms with Crippen molar-refractivity contribution in [3.05, 3.63) is 29.6 Å². The van der Waals surface area contributed by atoms with Crippen LogP contribution in [0.4, 0.5) is 0 Å². The SMILES string of the molecule is COc1ccc(CN)c(Sc2n[nH]c(C)n2)c1. The molecule has 0 aliphatic rings. The molecule has 1 aromatic carbocycles. The van der Waals surface area contributed by atoms with E-state index < -0.39 is 0 Å². The molecular formula is C11H14N4OS. The Morgan fingerprint density at radius 1 is 1.47 bits per heavy atom. The lowest BCUT2D eigenvalue weighted by Crippen LogP contribution is -1.98. The second-order valence-corrected chi connectivity index (χ2v) is 4.49. The molecule has 0 amide bonds. The monoisotopic (exact) mass is 250 g/mol. The maximum atomic E-state index is 5.70. The Labute approximate surface area is 104 Å². The minimum Gasteiger partial charge on any atom is -0.497 e. The standard InChI is InChI=1S/C11H14N4OS/c1-7-13-11(15-14-7)17-10-5-9(16-2)4-3-8(10)6-12/h3-5H,6,12H2,1-2H3,(H,13,14,15). The van der Waals surface area contributed by atoms with Gasteiger partial charge in [-0.15, -0.1) is 5.10 Å². The quantitative estimate of drug-likeness (QED) is 0.864. The molecule has 2 aromatic rings. The fraction of sp³-hybridized carbons (Fsp3) is 0.273. The van der Waals surface area contributed by atoms with Crippen LogP contribution in [0.15, 0.2) is 28.3 Å². The van der Waals surface area contributed by atoms with Crippen LogP contribution in [0.3, 0.4) is 0 Å². The van der Waals surface area contributed by atoms with Crippen LogP contribution in [0.25, 0.3) is 0 Å². The van der Waals surface area contributed by atoms with Crippen molar-refractivity contribution in [2.75, 3.05) is 7.11 Å². The van der Waals surface area contributed by atoms with Crippen LogP contribution in [0, 0.1) is 6.92 Å². The number of hydrogen-bond acceptors (Lipinski definition) is 5. The van der Waals surface area contributed by atoms with Gasteiger partial charge in [0.1, 0.15) is 11.6 Å². The van der Waals surface area contributed by atoms with Crippen molar-refractivity contribution in [2.45, 2.75) is 23.5 Å². The Kier molecular flexibility index (Phi) is 3.65. The first kappa shape index (κ1) is 11.9. The lowest BCUT2D eigenvalue weighted by Gasteiger charge is -2.07. The van der Waals surface area contributed by atoms with Crippen LogP contribution in [0.5, 0.6) is 5.75 Å². The van der Waals surface area contributed by atoms with Gasteiger partial charge in [0.25, 0.3) is 0 Å². The van der Waals surface area contributed by atoms with E-state index in [2.05, 4.69) is 15.2 Å². The Bertz CT molecular complexity index is 512. The number of H-pyrrole nitrogens is 1. The number of aromatic nitrogens is 3. The molecule has 5 nitrogen and oxygen atoms in total. The second kappa shape index (κ2) is 5.20. The highest BCUT2D eigenvalue weighted by atomic mass is 32.2. The molecule has 0 spiro atoms. The average molecular weight is 250 g/mol. The Balaban J connectivity index is 2.29. The number of hydrogen-bond donors (Lipinski definition) is 2. The fourth-order valence-corrected chi connectivity index (χ4v) is 2.32. The van der Waals surface area contributed by atoms with Crippen LogP contribution in [0.1, 0.15) is 11.4 Å². The van der Waals surface area contributed by atoms with Gasteiger partial charge in [-0.1, -0.05) is 6.07 Å². The summed E-state index contributed by atoms with van der Waals surface area (Å²) in [5.74, 6) is 1.60.